The van der Waals surface area contributed by atoms with Crippen LogP contribution in [-0.4, -0.2) is 27.8 Å². The molecular weight excluding hydrogens is 600 g/mol. The van der Waals surface area contributed by atoms with E-state index in [9.17, 15) is 15.4 Å². The van der Waals surface area contributed by atoms with Crippen LogP contribution in [0.4, 0.5) is 11.4 Å². The Labute approximate surface area is 270 Å². The molecule has 1 amide bonds. The third kappa shape index (κ3) is 4.94. The Morgan fingerprint density at radius 3 is 2.46 bits per heavy atom. The van der Waals surface area contributed by atoms with Crippen LogP contribution in [0.1, 0.15) is 42.5 Å². The largest absolute Gasteiger partial charge is 0.311 e. The van der Waals surface area contributed by atoms with E-state index in [4.69, 9.17) is 17.0 Å². The predicted octanol–water partition coefficient (Wildman–Crippen LogP) is 6.91. The fourth-order valence-electron chi connectivity index (χ4n) is 6.60. The minimum atomic E-state index is -1.77. The van der Waals surface area contributed by atoms with Gasteiger partial charge in [0.05, 0.1) is 4.92 Å². The monoisotopic (exact) mass is 629 g/mol. The molecule has 0 radical (unpaired) electrons. The number of hydrogen-bond acceptors (Lipinski definition) is 5. The number of amides is 1. The Balaban J connectivity index is 1.72. The number of fused-ring (bicyclic) bond motifs is 2. The number of halogens is 1. The van der Waals surface area contributed by atoms with Crippen molar-refractivity contribution >= 4 is 45.8 Å². The molecule has 1 N–H and O–H groups in total. The molecule has 0 saturated carbocycles. The summed E-state index contributed by atoms with van der Waals surface area (Å²) in [5.74, 6) is 1.95. The first-order valence-electron chi connectivity index (χ1n) is 14.9. The first kappa shape index (κ1) is 30.5. The maximum atomic E-state index is 15.1. The Bertz CT molecular complexity index is 2060. The van der Waals surface area contributed by atoms with Crippen molar-refractivity contribution in [3.8, 4) is 6.07 Å². The Morgan fingerprint density at radius 1 is 1.07 bits per heavy atom. The summed E-state index contributed by atoms with van der Waals surface area (Å²) in [7, 11) is 0. The van der Waals surface area contributed by atoms with E-state index in [1.54, 1.807) is 35.2 Å². The van der Waals surface area contributed by atoms with E-state index in [-0.39, 0.29) is 17.2 Å². The van der Waals surface area contributed by atoms with Crippen molar-refractivity contribution < 1.29 is 14.3 Å². The molecule has 4 aromatic carbocycles. The predicted molar refractivity (Wildman–Crippen MR) is 176 cm³/mol. The molecule has 0 bridgehead atoms. The standard InChI is InChI=1S/C36H30ClN6O3/c1-2-3-19-41-31-18-15-28(37)20-30(31)36(35(41)44,27(21-38)22-39)34(26-13-16-29(17-14-26)43(45)46)42-24-40(23-25-9-5-4-6-10-25)32-11-7-8-12-33(32)42/h4-18,20,24,34,38H,2-3,19,23H2,1H3/q+1. The lowest BCUT2D eigenvalue weighted by Gasteiger charge is -2.34. The van der Waals surface area contributed by atoms with E-state index in [1.807, 2.05) is 72.4 Å². The molecule has 2 unspecified atom stereocenters. The average Bonchev–Trinajstić information content (AvgIpc) is 3.54. The van der Waals surface area contributed by atoms with Gasteiger partial charge in [-0.15, -0.1) is 0 Å². The fourth-order valence-corrected chi connectivity index (χ4v) is 6.77. The van der Waals surface area contributed by atoms with Gasteiger partial charge in [-0.05, 0) is 65.9 Å². The summed E-state index contributed by atoms with van der Waals surface area (Å²) in [5, 5.41) is 31.0. The highest BCUT2D eigenvalue weighted by Gasteiger charge is 2.62. The second kappa shape index (κ2) is 12.4. The number of nitrogens with one attached hydrogen (secondary N) is 1. The van der Waals surface area contributed by atoms with Crippen LogP contribution in [0.2, 0.25) is 5.02 Å². The zero-order chi connectivity index (χ0) is 32.4. The summed E-state index contributed by atoms with van der Waals surface area (Å²) < 4.78 is 4.02. The molecule has 2 atom stereocenters. The van der Waals surface area contributed by atoms with Gasteiger partial charge in [0.25, 0.3) is 5.69 Å². The van der Waals surface area contributed by atoms with E-state index >= 15 is 4.79 Å². The molecule has 0 spiro atoms. The number of nitrogens with zero attached hydrogens (tertiary/aromatic N) is 5. The Kier molecular flexibility index (Phi) is 8.25. The van der Waals surface area contributed by atoms with Crippen LogP contribution < -0.4 is 9.47 Å². The smallest absolute Gasteiger partial charge is 0.269 e. The SMILES string of the molecule is CCCCN1C(=O)C(C(=C=N)C#N)(C(c2ccc([N+](=O)[O-])cc2)n2c[n+](Cc3ccccc3)c3ccccc32)c2cc(Cl)ccc21. The maximum absolute atomic E-state index is 15.1. The number of unbranched alkanes of at least 4 members (excludes halogenated alkanes) is 1. The quantitative estimate of drug-likeness (QED) is 0.0593. The molecule has 46 heavy (non-hydrogen) atoms. The van der Waals surface area contributed by atoms with Crippen molar-refractivity contribution in [2.24, 2.45) is 0 Å². The molecule has 1 aliphatic heterocycles. The van der Waals surface area contributed by atoms with Gasteiger partial charge in [-0.1, -0.05) is 67.4 Å². The molecule has 5 aromatic rings. The molecule has 1 aromatic heterocycles. The minimum absolute atomic E-state index is 0.109. The molecule has 9 nitrogen and oxygen atoms in total. The summed E-state index contributed by atoms with van der Waals surface area (Å²) in [6, 6.07) is 30.1. The zero-order valence-corrected chi connectivity index (χ0v) is 25.8. The van der Waals surface area contributed by atoms with Gasteiger partial charge >= 0.3 is 0 Å². The number of nitro groups is 1. The van der Waals surface area contributed by atoms with Crippen LogP contribution in [0.15, 0.2) is 109 Å². The number of non-ortho nitro benzene ring substituents is 1. The zero-order valence-electron chi connectivity index (χ0n) is 25.1. The summed E-state index contributed by atoms with van der Waals surface area (Å²) >= 11 is 6.61. The molecule has 228 valence electrons. The van der Waals surface area contributed by atoms with Crippen LogP contribution in [0.5, 0.6) is 0 Å². The van der Waals surface area contributed by atoms with Crippen molar-refractivity contribution in [1.82, 2.24) is 4.57 Å². The highest BCUT2D eigenvalue weighted by molar-refractivity contribution is 6.31. The molecule has 6 rings (SSSR count). The number of imidazole rings is 1. The van der Waals surface area contributed by atoms with Crippen LogP contribution >= 0.6 is 11.6 Å². The number of anilines is 1. The van der Waals surface area contributed by atoms with Gasteiger partial charge in [-0.3, -0.25) is 20.3 Å². The molecular formula is C36H30ClN6O3+. The number of hydrogen-bond donors (Lipinski definition) is 1. The number of rotatable bonds is 10. The topological polar surface area (TPSA) is 120 Å². The summed E-state index contributed by atoms with van der Waals surface area (Å²) in [5.41, 5.74) is 2.27. The van der Waals surface area contributed by atoms with Gasteiger partial charge in [-0.25, -0.2) is 9.13 Å². The molecule has 10 heteroatoms. The van der Waals surface area contributed by atoms with Crippen molar-refractivity contribution in [3.63, 3.8) is 0 Å². The molecule has 2 heterocycles. The van der Waals surface area contributed by atoms with Gasteiger partial charge in [0.1, 0.15) is 18.2 Å². The minimum Gasteiger partial charge on any atom is -0.311 e. The molecule has 0 aliphatic carbocycles. The van der Waals surface area contributed by atoms with Crippen molar-refractivity contribution in [1.29, 1.82) is 10.7 Å². The highest BCUT2D eigenvalue weighted by Crippen LogP contribution is 2.55. The van der Waals surface area contributed by atoms with Crippen LogP contribution in [0.25, 0.3) is 11.0 Å². The lowest BCUT2D eigenvalue weighted by atomic mass is 9.67. The summed E-state index contributed by atoms with van der Waals surface area (Å²) in [6.07, 6.45) is 3.46. The normalized spacial score (nSPS) is 16.1. The van der Waals surface area contributed by atoms with Crippen LogP contribution in [-0.2, 0) is 16.8 Å². The lowest BCUT2D eigenvalue weighted by Crippen LogP contribution is -2.49. The number of para-hydroxylation sites is 2. The van der Waals surface area contributed by atoms with E-state index < -0.39 is 16.4 Å². The van der Waals surface area contributed by atoms with Gasteiger partial charge in [0.2, 0.25) is 12.2 Å². The van der Waals surface area contributed by atoms with Gasteiger partial charge < -0.3 is 4.90 Å². The van der Waals surface area contributed by atoms with Crippen molar-refractivity contribution in [3.05, 3.63) is 141 Å². The van der Waals surface area contributed by atoms with E-state index in [0.29, 0.717) is 41.3 Å². The second-order valence-electron chi connectivity index (χ2n) is 11.3. The summed E-state index contributed by atoms with van der Waals surface area (Å²) in [6.45, 7) is 2.96. The molecule has 0 saturated heterocycles. The second-order valence-corrected chi connectivity index (χ2v) is 11.7. The number of nitro benzene ring substituents is 1. The molecule has 1 aliphatic rings. The van der Waals surface area contributed by atoms with Gasteiger partial charge in [0.15, 0.2) is 22.5 Å². The first-order chi connectivity index (χ1) is 22.3. The third-order valence-electron chi connectivity index (χ3n) is 8.66. The third-order valence-corrected chi connectivity index (χ3v) is 8.90. The fraction of sp³-hybridized carbons (Fsp3) is 0.194. The molecule has 0 fully saturated rings. The van der Waals surface area contributed by atoms with E-state index in [0.717, 1.165) is 23.0 Å². The Hall–Kier alpha value is -5.55. The van der Waals surface area contributed by atoms with E-state index in [1.165, 1.54) is 12.1 Å². The number of aromatic nitrogens is 2. The number of carbonyl (C=O) groups excluding carboxylic acids is 1. The van der Waals surface area contributed by atoms with E-state index in [2.05, 4.69) is 16.5 Å². The number of carbonyl (C=O) groups is 1. The maximum Gasteiger partial charge on any atom is 0.269 e. The lowest BCUT2D eigenvalue weighted by molar-refractivity contribution is -0.663. The van der Waals surface area contributed by atoms with Crippen molar-refractivity contribution in [2.75, 3.05) is 11.4 Å². The van der Waals surface area contributed by atoms with Crippen LogP contribution in [0, 0.1) is 26.9 Å². The van der Waals surface area contributed by atoms with Gasteiger partial charge in [0, 0.05) is 35.0 Å². The average molecular weight is 630 g/mol. The van der Waals surface area contributed by atoms with Gasteiger partial charge in [-0.2, -0.15) is 5.26 Å². The Morgan fingerprint density at radius 2 is 1.78 bits per heavy atom. The first-order valence-corrected chi connectivity index (χ1v) is 15.3. The number of benzene rings is 4. The van der Waals surface area contributed by atoms with Crippen molar-refractivity contribution in [2.45, 2.75) is 37.8 Å². The highest BCUT2D eigenvalue weighted by atomic mass is 35.5. The van der Waals surface area contributed by atoms with Crippen LogP contribution in [0.3, 0.4) is 0 Å². The summed E-state index contributed by atoms with van der Waals surface area (Å²) in [4.78, 5) is 28.0. The number of nitriles is 1.